The average molecular weight is 310 g/mol. The lowest BCUT2D eigenvalue weighted by molar-refractivity contribution is 0.297. The second-order valence-electron chi connectivity index (χ2n) is 6.25. The molecule has 2 N–H and O–H groups in total. The minimum Gasteiger partial charge on any atom is -0.494 e. The molecule has 0 aliphatic carbocycles. The van der Waals surface area contributed by atoms with Gasteiger partial charge in [0.15, 0.2) is 0 Å². The number of nitrogens with zero attached hydrogens (tertiary/aromatic N) is 1. The van der Waals surface area contributed by atoms with E-state index in [2.05, 4.69) is 53.4 Å². The van der Waals surface area contributed by atoms with Crippen molar-refractivity contribution >= 4 is 0 Å². The maximum Gasteiger partial charge on any atom is 0.123 e. The first-order valence-corrected chi connectivity index (χ1v) is 8.50. The predicted molar refractivity (Wildman–Crippen MR) is 94.6 cm³/mol. The fraction of sp³-hybridized carbons (Fsp3) is 0.400. The maximum absolute atomic E-state index is 6.04. The van der Waals surface area contributed by atoms with Crippen LogP contribution < -0.4 is 10.5 Å². The molecule has 0 saturated carbocycles. The molecule has 0 aromatic heterocycles. The van der Waals surface area contributed by atoms with E-state index in [0.29, 0.717) is 18.4 Å². The normalized spacial score (nSPS) is 21.5. The molecule has 2 atom stereocenters. The fourth-order valence-electron chi connectivity index (χ4n) is 3.58. The van der Waals surface area contributed by atoms with Gasteiger partial charge < -0.3 is 10.5 Å². The van der Waals surface area contributed by atoms with Crippen molar-refractivity contribution in [2.75, 3.05) is 26.2 Å². The van der Waals surface area contributed by atoms with E-state index in [4.69, 9.17) is 10.5 Å². The van der Waals surface area contributed by atoms with Crippen LogP contribution in [0.15, 0.2) is 54.6 Å². The Bertz CT molecular complexity index is 614. The maximum atomic E-state index is 6.04. The first-order valence-electron chi connectivity index (χ1n) is 8.50. The summed E-state index contributed by atoms with van der Waals surface area (Å²) in [5.74, 6) is 2.06. The average Bonchev–Trinajstić information content (AvgIpc) is 3.01. The van der Waals surface area contributed by atoms with Gasteiger partial charge in [0.2, 0.25) is 0 Å². The van der Waals surface area contributed by atoms with Gasteiger partial charge in [-0.15, -0.1) is 0 Å². The summed E-state index contributed by atoms with van der Waals surface area (Å²) in [5, 5.41) is 0. The van der Waals surface area contributed by atoms with Gasteiger partial charge in [-0.05, 0) is 31.0 Å². The Morgan fingerprint density at radius 3 is 2.52 bits per heavy atom. The van der Waals surface area contributed by atoms with Gasteiger partial charge in [-0.2, -0.15) is 0 Å². The van der Waals surface area contributed by atoms with Crippen molar-refractivity contribution in [3.63, 3.8) is 0 Å². The van der Waals surface area contributed by atoms with Crippen molar-refractivity contribution in [2.24, 2.45) is 11.7 Å². The molecule has 1 aliphatic heterocycles. The summed E-state index contributed by atoms with van der Waals surface area (Å²) in [4.78, 5) is 2.51. The Labute approximate surface area is 139 Å². The molecule has 0 spiro atoms. The van der Waals surface area contributed by atoms with Crippen molar-refractivity contribution in [3.8, 4) is 5.75 Å². The van der Waals surface area contributed by atoms with E-state index in [0.717, 1.165) is 31.9 Å². The summed E-state index contributed by atoms with van der Waals surface area (Å²) in [6.45, 7) is 6.51. The second kappa shape index (κ2) is 7.62. The van der Waals surface area contributed by atoms with Crippen LogP contribution in [0.3, 0.4) is 0 Å². The summed E-state index contributed by atoms with van der Waals surface area (Å²) in [6, 6.07) is 19.1. The van der Waals surface area contributed by atoms with E-state index in [1.807, 2.05) is 13.0 Å². The Balaban J connectivity index is 1.73. The molecule has 23 heavy (non-hydrogen) atoms. The molecule has 3 heteroatoms. The molecule has 0 unspecified atom stereocenters. The molecule has 122 valence electrons. The molecular weight excluding hydrogens is 284 g/mol. The lowest BCUT2D eigenvalue weighted by Gasteiger charge is -2.18. The highest BCUT2D eigenvalue weighted by Gasteiger charge is 2.32. The molecule has 3 nitrogen and oxygen atoms in total. The van der Waals surface area contributed by atoms with E-state index >= 15 is 0 Å². The zero-order valence-corrected chi connectivity index (χ0v) is 13.8. The number of nitrogens with two attached hydrogens (primary N) is 1. The van der Waals surface area contributed by atoms with Crippen molar-refractivity contribution in [1.82, 2.24) is 4.90 Å². The summed E-state index contributed by atoms with van der Waals surface area (Å²) >= 11 is 0. The zero-order valence-electron chi connectivity index (χ0n) is 13.8. The van der Waals surface area contributed by atoms with E-state index in [9.17, 15) is 0 Å². The van der Waals surface area contributed by atoms with E-state index in [-0.39, 0.29) is 0 Å². The first kappa shape index (κ1) is 16.0. The first-order chi connectivity index (χ1) is 11.3. The van der Waals surface area contributed by atoms with Crippen LogP contribution in [0.5, 0.6) is 5.75 Å². The number of rotatable bonds is 6. The Kier molecular flexibility index (Phi) is 5.31. The predicted octanol–water partition coefficient (Wildman–Crippen LogP) is 3.26. The quantitative estimate of drug-likeness (QED) is 0.890. The highest BCUT2D eigenvalue weighted by Crippen LogP contribution is 2.33. The van der Waals surface area contributed by atoms with Crippen LogP contribution in [0.4, 0.5) is 0 Å². The van der Waals surface area contributed by atoms with E-state index in [1.54, 1.807) is 0 Å². The van der Waals surface area contributed by atoms with Crippen LogP contribution in [0, 0.1) is 5.92 Å². The van der Waals surface area contributed by atoms with Gasteiger partial charge in [-0.3, -0.25) is 4.90 Å². The third-order valence-electron chi connectivity index (χ3n) is 4.71. The second-order valence-corrected chi connectivity index (χ2v) is 6.25. The molecule has 2 aromatic carbocycles. The fourth-order valence-corrected chi connectivity index (χ4v) is 3.58. The Morgan fingerprint density at radius 1 is 1.04 bits per heavy atom. The molecule has 1 fully saturated rings. The topological polar surface area (TPSA) is 38.5 Å². The number of hydrogen-bond acceptors (Lipinski definition) is 3. The van der Waals surface area contributed by atoms with Gasteiger partial charge in [0.1, 0.15) is 5.75 Å². The molecule has 0 bridgehead atoms. The Hall–Kier alpha value is -1.84. The minimum absolute atomic E-state index is 0.525. The molecule has 1 heterocycles. The minimum atomic E-state index is 0.525. The van der Waals surface area contributed by atoms with Gasteiger partial charge in [0.25, 0.3) is 0 Å². The third-order valence-corrected chi connectivity index (χ3v) is 4.71. The van der Waals surface area contributed by atoms with Crippen LogP contribution in [-0.4, -0.2) is 31.1 Å². The highest BCUT2D eigenvalue weighted by atomic mass is 16.5. The van der Waals surface area contributed by atoms with E-state index in [1.165, 1.54) is 11.1 Å². The summed E-state index contributed by atoms with van der Waals surface area (Å²) in [5.41, 5.74) is 8.71. The zero-order chi connectivity index (χ0) is 16.1. The lowest BCUT2D eigenvalue weighted by atomic mass is 9.89. The van der Waals surface area contributed by atoms with Gasteiger partial charge in [0.05, 0.1) is 6.61 Å². The third kappa shape index (κ3) is 3.74. The van der Waals surface area contributed by atoms with Crippen molar-refractivity contribution in [1.29, 1.82) is 0 Å². The smallest absolute Gasteiger partial charge is 0.123 e. The van der Waals surface area contributed by atoms with Crippen molar-refractivity contribution < 1.29 is 4.74 Å². The number of likely N-dealkylation sites (tertiary alicyclic amines) is 1. The van der Waals surface area contributed by atoms with Gasteiger partial charge >= 0.3 is 0 Å². The summed E-state index contributed by atoms with van der Waals surface area (Å²) in [6.07, 6.45) is 0. The number of benzene rings is 2. The standard InChI is InChI=1S/C20H26N2O/c1-2-23-20-11-7-6-10-17(20)13-22-14-18(12-21)19(15-22)16-8-4-3-5-9-16/h3-11,18-19H,2,12-15,21H2,1H3/t18-,19+/m1/s1. The van der Waals surface area contributed by atoms with Gasteiger partial charge in [0, 0.05) is 31.1 Å². The van der Waals surface area contributed by atoms with Crippen molar-refractivity contribution in [2.45, 2.75) is 19.4 Å². The monoisotopic (exact) mass is 310 g/mol. The van der Waals surface area contributed by atoms with Crippen LogP contribution in [-0.2, 0) is 6.54 Å². The van der Waals surface area contributed by atoms with Crippen LogP contribution >= 0.6 is 0 Å². The number of hydrogen-bond donors (Lipinski definition) is 1. The molecule has 3 rings (SSSR count). The summed E-state index contributed by atoms with van der Waals surface area (Å²) < 4.78 is 5.76. The Morgan fingerprint density at radius 2 is 1.78 bits per heavy atom. The molecule has 0 amide bonds. The number of ether oxygens (including phenoxy) is 1. The van der Waals surface area contributed by atoms with Gasteiger partial charge in [-0.1, -0.05) is 48.5 Å². The molecule has 1 aliphatic rings. The molecular formula is C20H26N2O. The van der Waals surface area contributed by atoms with E-state index < -0.39 is 0 Å². The highest BCUT2D eigenvalue weighted by molar-refractivity contribution is 5.33. The SMILES string of the molecule is CCOc1ccccc1CN1C[C@@H](CN)[C@H](c2ccccc2)C1. The van der Waals surface area contributed by atoms with Crippen LogP contribution in [0.2, 0.25) is 0 Å². The van der Waals surface area contributed by atoms with Gasteiger partial charge in [-0.25, -0.2) is 0 Å². The lowest BCUT2D eigenvalue weighted by Crippen LogP contribution is -2.23. The molecule has 1 saturated heterocycles. The number of para-hydroxylation sites is 1. The van der Waals surface area contributed by atoms with Crippen LogP contribution in [0.25, 0.3) is 0 Å². The van der Waals surface area contributed by atoms with Crippen molar-refractivity contribution in [3.05, 3.63) is 65.7 Å². The van der Waals surface area contributed by atoms with Crippen LogP contribution in [0.1, 0.15) is 24.0 Å². The largest absolute Gasteiger partial charge is 0.494 e. The summed E-state index contributed by atoms with van der Waals surface area (Å²) in [7, 11) is 0. The molecule has 0 radical (unpaired) electrons. The molecule has 2 aromatic rings.